The number of piperidine rings is 1. The van der Waals surface area contributed by atoms with Crippen molar-refractivity contribution < 1.29 is 8.42 Å². The van der Waals surface area contributed by atoms with Crippen LogP contribution in [0, 0.1) is 11.3 Å². The number of hydrogen-bond donors (Lipinski definition) is 2. The van der Waals surface area contributed by atoms with Crippen LogP contribution in [0.5, 0.6) is 0 Å². The lowest BCUT2D eigenvalue weighted by atomic mass is 10.0. The van der Waals surface area contributed by atoms with Gasteiger partial charge in [-0.1, -0.05) is 15.9 Å². The normalized spacial score (nSPS) is 22.1. The van der Waals surface area contributed by atoms with Crippen molar-refractivity contribution in [3.63, 3.8) is 0 Å². The van der Waals surface area contributed by atoms with E-state index in [0.717, 1.165) is 19.4 Å². The molecule has 2 unspecified atom stereocenters. The summed E-state index contributed by atoms with van der Waals surface area (Å²) < 4.78 is 28.1. The van der Waals surface area contributed by atoms with Gasteiger partial charge in [-0.05, 0) is 44.5 Å². The summed E-state index contributed by atoms with van der Waals surface area (Å²) >= 11 is 3.23. The molecule has 2 rings (SSSR count). The summed E-state index contributed by atoms with van der Waals surface area (Å²) in [7, 11) is -3.62. The van der Waals surface area contributed by atoms with Crippen LogP contribution in [0.3, 0.4) is 0 Å². The van der Waals surface area contributed by atoms with E-state index in [1.54, 1.807) is 6.07 Å². The second-order valence-electron chi connectivity index (χ2n) is 4.90. The van der Waals surface area contributed by atoms with Gasteiger partial charge in [-0.25, -0.2) is 13.1 Å². The summed E-state index contributed by atoms with van der Waals surface area (Å²) in [6.07, 6.45) is 1.76. The molecule has 1 aliphatic rings. The lowest BCUT2D eigenvalue weighted by Crippen LogP contribution is -2.51. The minimum absolute atomic E-state index is 0. The molecule has 1 aliphatic heterocycles. The first-order valence-electron chi connectivity index (χ1n) is 6.39. The highest BCUT2D eigenvalue weighted by Crippen LogP contribution is 2.20. The fourth-order valence-corrected chi connectivity index (χ4v) is 4.32. The second kappa shape index (κ2) is 7.56. The van der Waals surface area contributed by atoms with Gasteiger partial charge in [0, 0.05) is 16.6 Å². The van der Waals surface area contributed by atoms with Crippen LogP contribution in [-0.2, 0) is 10.0 Å². The van der Waals surface area contributed by atoms with E-state index >= 15 is 0 Å². The first-order chi connectivity index (χ1) is 9.42. The second-order valence-corrected chi connectivity index (χ2v) is 7.53. The Balaban J connectivity index is 0.00000220. The SMILES string of the molecule is CC1NCCCC1NS(=O)(=O)c1cc(Br)cc(C#N)c1.Cl. The maximum Gasteiger partial charge on any atom is 0.240 e. The predicted molar refractivity (Wildman–Crippen MR) is 86.9 cm³/mol. The van der Waals surface area contributed by atoms with Gasteiger partial charge in [-0.3, -0.25) is 0 Å². The van der Waals surface area contributed by atoms with Crippen molar-refractivity contribution in [2.24, 2.45) is 0 Å². The molecule has 0 aromatic heterocycles. The Morgan fingerprint density at radius 3 is 2.76 bits per heavy atom. The Labute approximate surface area is 139 Å². The highest BCUT2D eigenvalue weighted by molar-refractivity contribution is 9.10. The van der Waals surface area contributed by atoms with E-state index < -0.39 is 10.0 Å². The van der Waals surface area contributed by atoms with Crippen molar-refractivity contribution >= 4 is 38.4 Å². The largest absolute Gasteiger partial charge is 0.313 e. The van der Waals surface area contributed by atoms with E-state index in [9.17, 15) is 8.42 Å². The van der Waals surface area contributed by atoms with Gasteiger partial charge >= 0.3 is 0 Å². The molecule has 2 atom stereocenters. The molecular formula is C13H17BrClN3O2S. The average Bonchev–Trinajstić information content (AvgIpc) is 2.40. The van der Waals surface area contributed by atoms with Gasteiger partial charge in [0.15, 0.2) is 0 Å². The van der Waals surface area contributed by atoms with Crippen LogP contribution in [0.15, 0.2) is 27.6 Å². The molecule has 0 amide bonds. The summed E-state index contributed by atoms with van der Waals surface area (Å²) in [6, 6.07) is 6.40. The molecule has 8 heteroatoms. The highest BCUT2D eigenvalue weighted by Gasteiger charge is 2.26. The lowest BCUT2D eigenvalue weighted by Gasteiger charge is -2.30. The molecular weight excluding hydrogens is 378 g/mol. The Morgan fingerprint density at radius 2 is 2.14 bits per heavy atom. The van der Waals surface area contributed by atoms with E-state index in [1.807, 2.05) is 13.0 Å². The molecule has 1 heterocycles. The maximum atomic E-state index is 12.4. The summed E-state index contributed by atoms with van der Waals surface area (Å²) in [5.41, 5.74) is 0.314. The lowest BCUT2D eigenvalue weighted by molar-refractivity contribution is 0.349. The van der Waals surface area contributed by atoms with E-state index in [0.29, 0.717) is 10.0 Å². The summed E-state index contributed by atoms with van der Waals surface area (Å²) in [4.78, 5) is 0.112. The zero-order valence-corrected chi connectivity index (χ0v) is 14.7. The fraction of sp³-hybridized carbons (Fsp3) is 0.462. The van der Waals surface area contributed by atoms with E-state index in [-0.39, 0.29) is 29.4 Å². The molecule has 0 aliphatic carbocycles. The third-order valence-corrected chi connectivity index (χ3v) is 5.31. The molecule has 5 nitrogen and oxygen atoms in total. The number of benzene rings is 1. The summed E-state index contributed by atoms with van der Waals surface area (Å²) in [5, 5.41) is 12.2. The van der Waals surface area contributed by atoms with Gasteiger partial charge in [0.1, 0.15) is 0 Å². The number of nitrogens with zero attached hydrogens (tertiary/aromatic N) is 1. The molecule has 0 radical (unpaired) electrons. The molecule has 1 aromatic carbocycles. The van der Waals surface area contributed by atoms with Crippen LogP contribution in [0.4, 0.5) is 0 Å². The monoisotopic (exact) mass is 393 g/mol. The maximum absolute atomic E-state index is 12.4. The van der Waals surface area contributed by atoms with Crippen molar-refractivity contribution in [1.29, 1.82) is 5.26 Å². The minimum atomic E-state index is -3.62. The van der Waals surface area contributed by atoms with Crippen LogP contribution in [0.2, 0.25) is 0 Å². The zero-order valence-electron chi connectivity index (χ0n) is 11.5. The van der Waals surface area contributed by atoms with Crippen molar-refractivity contribution in [3.8, 4) is 6.07 Å². The molecule has 116 valence electrons. The van der Waals surface area contributed by atoms with Gasteiger partial charge in [0.25, 0.3) is 0 Å². The molecule has 0 bridgehead atoms. The van der Waals surface area contributed by atoms with Crippen LogP contribution >= 0.6 is 28.3 Å². The van der Waals surface area contributed by atoms with Crippen molar-refractivity contribution in [3.05, 3.63) is 28.2 Å². The minimum Gasteiger partial charge on any atom is -0.313 e. The Bertz CT molecular complexity index is 645. The van der Waals surface area contributed by atoms with E-state index in [2.05, 4.69) is 26.0 Å². The molecule has 1 fully saturated rings. The van der Waals surface area contributed by atoms with Crippen LogP contribution in [0.1, 0.15) is 25.3 Å². The summed E-state index contributed by atoms with van der Waals surface area (Å²) in [6.45, 7) is 2.88. The predicted octanol–water partition coefficient (Wildman–Crippen LogP) is 2.16. The number of rotatable bonds is 3. The van der Waals surface area contributed by atoms with Gasteiger partial charge in [0.05, 0.1) is 16.5 Å². The Morgan fingerprint density at radius 1 is 1.43 bits per heavy atom. The number of nitriles is 1. The van der Waals surface area contributed by atoms with Gasteiger partial charge in [-0.15, -0.1) is 12.4 Å². The smallest absolute Gasteiger partial charge is 0.240 e. The molecule has 0 saturated carbocycles. The first kappa shape index (κ1) is 18.4. The molecule has 21 heavy (non-hydrogen) atoms. The van der Waals surface area contributed by atoms with Crippen molar-refractivity contribution in [2.45, 2.75) is 36.7 Å². The Kier molecular flexibility index (Phi) is 6.63. The molecule has 1 aromatic rings. The number of hydrogen-bond acceptors (Lipinski definition) is 4. The molecule has 0 spiro atoms. The molecule has 2 N–H and O–H groups in total. The third-order valence-electron chi connectivity index (χ3n) is 3.38. The number of nitrogens with one attached hydrogen (secondary N) is 2. The van der Waals surface area contributed by atoms with Gasteiger partial charge < -0.3 is 5.32 Å². The fourth-order valence-electron chi connectivity index (χ4n) is 2.25. The third kappa shape index (κ3) is 4.66. The van der Waals surface area contributed by atoms with E-state index in [1.165, 1.54) is 12.1 Å². The van der Waals surface area contributed by atoms with Crippen molar-refractivity contribution in [2.75, 3.05) is 6.54 Å². The van der Waals surface area contributed by atoms with Crippen LogP contribution in [0.25, 0.3) is 0 Å². The van der Waals surface area contributed by atoms with E-state index in [4.69, 9.17) is 5.26 Å². The van der Waals surface area contributed by atoms with Crippen molar-refractivity contribution in [1.82, 2.24) is 10.0 Å². The average molecular weight is 395 g/mol. The zero-order chi connectivity index (χ0) is 14.8. The first-order valence-corrected chi connectivity index (χ1v) is 8.66. The number of sulfonamides is 1. The van der Waals surface area contributed by atoms with Gasteiger partial charge in [0.2, 0.25) is 10.0 Å². The number of halogens is 2. The van der Waals surface area contributed by atoms with Crippen LogP contribution in [-0.4, -0.2) is 27.0 Å². The standard InChI is InChI=1S/C13H16BrN3O2S.ClH/c1-9-13(3-2-4-16-9)17-20(18,19)12-6-10(8-15)5-11(14)7-12;/h5-7,9,13,16-17H,2-4H2,1H3;1H. The highest BCUT2D eigenvalue weighted by atomic mass is 79.9. The Hall–Kier alpha value is -0.650. The quantitative estimate of drug-likeness (QED) is 0.823. The summed E-state index contributed by atoms with van der Waals surface area (Å²) in [5.74, 6) is 0. The molecule has 1 saturated heterocycles. The van der Waals surface area contributed by atoms with Crippen LogP contribution < -0.4 is 10.0 Å². The topological polar surface area (TPSA) is 82.0 Å². The van der Waals surface area contributed by atoms with Gasteiger partial charge in [-0.2, -0.15) is 5.26 Å².